The number of amides is 1. The molecule has 0 aliphatic carbocycles. The van der Waals surface area contributed by atoms with Gasteiger partial charge in [-0.3, -0.25) is 4.79 Å². The molecule has 86 valence electrons. The number of rotatable bonds is 5. The molecule has 0 saturated carbocycles. The molecule has 0 aromatic carbocycles. The summed E-state index contributed by atoms with van der Waals surface area (Å²) in [5.41, 5.74) is 5.51. The zero-order chi connectivity index (χ0) is 10.4. The molecule has 14 heavy (non-hydrogen) atoms. The molecule has 0 aliphatic heterocycles. The molecule has 0 rings (SSSR count). The van der Waals surface area contributed by atoms with Gasteiger partial charge in [-0.25, -0.2) is 0 Å². The second kappa shape index (κ2) is 8.38. The van der Waals surface area contributed by atoms with E-state index in [1.54, 1.807) is 23.6 Å². The predicted molar refractivity (Wildman–Crippen MR) is 66.1 cm³/mol. The minimum absolute atomic E-state index is 0. The van der Waals surface area contributed by atoms with E-state index >= 15 is 0 Å². The van der Waals surface area contributed by atoms with Crippen LogP contribution in [0.3, 0.4) is 0 Å². The van der Waals surface area contributed by atoms with Gasteiger partial charge in [-0.2, -0.15) is 11.8 Å². The van der Waals surface area contributed by atoms with Gasteiger partial charge in [-0.15, -0.1) is 12.4 Å². The maximum atomic E-state index is 11.4. The van der Waals surface area contributed by atoms with Crippen LogP contribution < -0.4 is 5.73 Å². The Balaban J connectivity index is 0. The number of likely N-dealkylation sites (N-methyl/N-ethyl adjacent to an activating group) is 1. The third-order valence-corrected chi connectivity index (χ3v) is 2.78. The molecule has 0 bridgehead atoms. The molecule has 1 amide bonds. The second-order valence-corrected chi connectivity index (χ2v) is 4.35. The van der Waals surface area contributed by atoms with Gasteiger partial charge in [0.2, 0.25) is 5.91 Å². The molecule has 0 aromatic rings. The summed E-state index contributed by atoms with van der Waals surface area (Å²) < 4.78 is 0. The molecule has 2 atom stereocenters. The van der Waals surface area contributed by atoms with Crippen LogP contribution >= 0.6 is 24.2 Å². The number of hydrogen-bond acceptors (Lipinski definition) is 3. The molecule has 2 N–H and O–H groups in total. The Morgan fingerprint density at radius 3 is 2.36 bits per heavy atom. The van der Waals surface area contributed by atoms with E-state index in [-0.39, 0.29) is 30.4 Å². The molecule has 5 heteroatoms. The summed E-state index contributed by atoms with van der Waals surface area (Å²) in [5.74, 6) is 1.10. The van der Waals surface area contributed by atoms with E-state index in [0.29, 0.717) is 0 Å². The van der Waals surface area contributed by atoms with E-state index in [9.17, 15) is 4.79 Å². The first-order valence-corrected chi connectivity index (χ1v) is 5.91. The van der Waals surface area contributed by atoms with Crippen LogP contribution in [-0.4, -0.2) is 41.9 Å². The van der Waals surface area contributed by atoms with Crippen LogP contribution in [0.15, 0.2) is 0 Å². The Bertz CT molecular complexity index is 167. The molecule has 1 unspecified atom stereocenters. The topological polar surface area (TPSA) is 46.3 Å². The van der Waals surface area contributed by atoms with E-state index in [4.69, 9.17) is 5.73 Å². The number of thioether (sulfide) groups is 1. The third-order valence-electron chi connectivity index (χ3n) is 2.14. The molecule has 3 nitrogen and oxygen atoms in total. The number of hydrogen-bond donors (Lipinski definition) is 1. The SMILES string of the molecule is CSCCC(C)N(C)C(=O)[C@H](C)N.Cl. The van der Waals surface area contributed by atoms with Gasteiger partial charge in [0.15, 0.2) is 0 Å². The first-order chi connectivity index (χ1) is 6.00. The zero-order valence-electron chi connectivity index (χ0n) is 9.32. The smallest absolute Gasteiger partial charge is 0.239 e. The maximum Gasteiger partial charge on any atom is 0.239 e. The van der Waals surface area contributed by atoms with E-state index < -0.39 is 0 Å². The molecule has 0 radical (unpaired) electrons. The van der Waals surface area contributed by atoms with Gasteiger partial charge < -0.3 is 10.6 Å². The van der Waals surface area contributed by atoms with Gasteiger partial charge in [-0.05, 0) is 32.3 Å². The first kappa shape index (κ1) is 16.5. The Labute approximate surface area is 97.2 Å². The van der Waals surface area contributed by atoms with Crippen LogP contribution in [0.5, 0.6) is 0 Å². The summed E-state index contributed by atoms with van der Waals surface area (Å²) in [7, 11) is 1.82. The fourth-order valence-corrected chi connectivity index (χ4v) is 1.60. The number of nitrogens with zero attached hydrogens (tertiary/aromatic N) is 1. The van der Waals surface area contributed by atoms with Gasteiger partial charge in [0.25, 0.3) is 0 Å². The number of carbonyl (C=O) groups excluding carboxylic acids is 1. The van der Waals surface area contributed by atoms with Crippen molar-refractivity contribution in [2.75, 3.05) is 19.1 Å². The van der Waals surface area contributed by atoms with Crippen LogP contribution in [0.2, 0.25) is 0 Å². The van der Waals surface area contributed by atoms with Crippen molar-refractivity contribution in [2.24, 2.45) is 5.73 Å². The lowest BCUT2D eigenvalue weighted by Crippen LogP contribution is -2.44. The van der Waals surface area contributed by atoms with Crippen molar-refractivity contribution in [2.45, 2.75) is 32.4 Å². The summed E-state index contributed by atoms with van der Waals surface area (Å²) in [6.07, 6.45) is 3.09. The van der Waals surface area contributed by atoms with Crippen molar-refractivity contribution in [1.82, 2.24) is 4.90 Å². The van der Waals surface area contributed by atoms with Gasteiger partial charge in [0.1, 0.15) is 0 Å². The second-order valence-electron chi connectivity index (χ2n) is 3.37. The monoisotopic (exact) mass is 240 g/mol. The quantitative estimate of drug-likeness (QED) is 0.789. The normalized spacial score (nSPS) is 14.1. The van der Waals surface area contributed by atoms with Gasteiger partial charge in [0, 0.05) is 13.1 Å². The Morgan fingerprint density at radius 2 is 2.00 bits per heavy atom. The average Bonchev–Trinajstić information content (AvgIpc) is 2.11. The molecule has 0 aromatic heterocycles. The van der Waals surface area contributed by atoms with Crippen LogP contribution in [0.4, 0.5) is 0 Å². The first-order valence-electron chi connectivity index (χ1n) is 4.52. The van der Waals surface area contributed by atoms with E-state index in [2.05, 4.69) is 13.2 Å². The summed E-state index contributed by atoms with van der Waals surface area (Å²) in [5, 5.41) is 0. The molecule has 0 aliphatic rings. The molecule has 0 fully saturated rings. The van der Waals surface area contributed by atoms with Crippen molar-refractivity contribution < 1.29 is 4.79 Å². The van der Waals surface area contributed by atoms with Crippen LogP contribution in [0, 0.1) is 0 Å². The molecule has 0 heterocycles. The zero-order valence-corrected chi connectivity index (χ0v) is 11.0. The summed E-state index contributed by atoms with van der Waals surface area (Å²) in [4.78, 5) is 13.2. The summed E-state index contributed by atoms with van der Waals surface area (Å²) in [6, 6.07) is -0.104. The summed E-state index contributed by atoms with van der Waals surface area (Å²) in [6.45, 7) is 3.77. The van der Waals surface area contributed by atoms with Crippen LogP contribution in [0.1, 0.15) is 20.3 Å². The summed E-state index contributed by atoms with van der Waals surface area (Å²) >= 11 is 1.80. The van der Waals surface area contributed by atoms with E-state index in [1.807, 2.05) is 7.05 Å². The van der Waals surface area contributed by atoms with Crippen LogP contribution in [0.25, 0.3) is 0 Å². The molecular formula is C9H21ClN2OS. The fourth-order valence-electron chi connectivity index (χ4n) is 1.02. The van der Waals surface area contributed by atoms with Crippen LogP contribution in [-0.2, 0) is 4.79 Å². The average molecular weight is 241 g/mol. The fraction of sp³-hybridized carbons (Fsp3) is 0.889. The number of nitrogens with two attached hydrogens (primary N) is 1. The Kier molecular flexibility index (Phi) is 9.88. The minimum atomic E-state index is -0.387. The standard InChI is InChI=1S/C9H20N2OS.ClH/c1-7(5-6-13-4)11(3)9(12)8(2)10;/h7-8H,5-6,10H2,1-4H3;1H/t7?,8-;/m0./s1. The predicted octanol–water partition coefficient (Wildman–Crippen LogP) is 1.36. The largest absolute Gasteiger partial charge is 0.342 e. The highest BCUT2D eigenvalue weighted by Gasteiger charge is 2.17. The molecule has 0 spiro atoms. The lowest BCUT2D eigenvalue weighted by Gasteiger charge is -2.26. The maximum absolute atomic E-state index is 11.4. The lowest BCUT2D eigenvalue weighted by molar-refractivity contribution is -0.132. The molecule has 0 saturated heterocycles. The van der Waals surface area contributed by atoms with Gasteiger partial charge in [0.05, 0.1) is 6.04 Å². The third kappa shape index (κ3) is 5.73. The van der Waals surface area contributed by atoms with Crippen molar-refractivity contribution in [3.63, 3.8) is 0 Å². The number of halogens is 1. The van der Waals surface area contributed by atoms with Gasteiger partial charge in [-0.1, -0.05) is 0 Å². The lowest BCUT2D eigenvalue weighted by atomic mass is 10.2. The molecular weight excluding hydrogens is 220 g/mol. The Morgan fingerprint density at radius 1 is 1.50 bits per heavy atom. The van der Waals surface area contributed by atoms with Crippen molar-refractivity contribution in [1.29, 1.82) is 0 Å². The van der Waals surface area contributed by atoms with E-state index in [1.165, 1.54) is 0 Å². The minimum Gasteiger partial charge on any atom is -0.342 e. The van der Waals surface area contributed by atoms with Crippen molar-refractivity contribution >= 4 is 30.1 Å². The highest BCUT2D eigenvalue weighted by molar-refractivity contribution is 7.98. The Hall–Kier alpha value is 0.0700. The van der Waals surface area contributed by atoms with Gasteiger partial charge >= 0.3 is 0 Å². The number of carbonyl (C=O) groups is 1. The van der Waals surface area contributed by atoms with Crippen molar-refractivity contribution in [3.8, 4) is 0 Å². The highest BCUT2D eigenvalue weighted by atomic mass is 35.5. The van der Waals surface area contributed by atoms with E-state index in [0.717, 1.165) is 12.2 Å². The van der Waals surface area contributed by atoms with Crippen molar-refractivity contribution in [3.05, 3.63) is 0 Å². The highest BCUT2D eigenvalue weighted by Crippen LogP contribution is 2.06.